The molecular weight excluding hydrogens is 408 g/mol. The smallest absolute Gasteiger partial charge is 0.348 e. The Morgan fingerprint density at radius 3 is 1.68 bits per heavy atom. The van der Waals surface area contributed by atoms with Crippen molar-refractivity contribution in [3.63, 3.8) is 0 Å². The standard InChI is InChI=1S/C16H16F8O4/c17-12(18)15(21,22)27-8-14(9-28-16(23,24)13(19)20)6-25-11(26-7-14)10-4-2-1-3-5-10/h1-5,11-13H,6-9H2. The lowest BCUT2D eigenvalue weighted by molar-refractivity contribution is -0.350. The van der Waals surface area contributed by atoms with Gasteiger partial charge in [-0.05, 0) is 0 Å². The van der Waals surface area contributed by atoms with Crippen molar-refractivity contribution in [3.05, 3.63) is 35.9 Å². The van der Waals surface area contributed by atoms with Crippen LogP contribution in [-0.4, -0.2) is 51.5 Å². The Labute approximate surface area is 154 Å². The first-order chi connectivity index (χ1) is 13.0. The summed E-state index contributed by atoms with van der Waals surface area (Å²) in [6.07, 6.45) is -19.1. The predicted molar refractivity (Wildman–Crippen MR) is 77.3 cm³/mol. The molecule has 0 aliphatic carbocycles. The van der Waals surface area contributed by atoms with Crippen LogP contribution in [-0.2, 0) is 18.9 Å². The summed E-state index contributed by atoms with van der Waals surface area (Å²) in [5.74, 6) is 0. The first-order valence-electron chi connectivity index (χ1n) is 7.85. The minimum atomic E-state index is -4.88. The Bertz CT molecular complexity index is 580. The molecule has 1 aliphatic rings. The lowest BCUT2D eigenvalue weighted by atomic mass is 9.91. The number of rotatable bonds is 9. The van der Waals surface area contributed by atoms with E-state index in [4.69, 9.17) is 9.47 Å². The Hall–Kier alpha value is -1.50. The SMILES string of the molecule is FC(F)C(F)(F)OCC1(COC(F)(F)C(F)F)COC(c2ccccc2)OC1. The lowest BCUT2D eigenvalue weighted by Gasteiger charge is -2.40. The van der Waals surface area contributed by atoms with Crippen molar-refractivity contribution in [2.75, 3.05) is 26.4 Å². The van der Waals surface area contributed by atoms with Gasteiger partial charge in [0.15, 0.2) is 6.29 Å². The molecular formula is C16H16F8O4. The maximum atomic E-state index is 13.1. The molecule has 0 atom stereocenters. The van der Waals surface area contributed by atoms with E-state index in [2.05, 4.69) is 9.47 Å². The van der Waals surface area contributed by atoms with Crippen molar-refractivity contribution in [1.29, 1.82) is 0 Å². The number of alkyl halides is 8. The van der Waals surface area contributed by atoms with Crippen molar-refractivity contribution in [2.45, 2.75) is 31.4 Å². The summed E-state index contributed by atoms with van der Waals surface area (Å²) in [4.78, 5) is 0. The largest absolute Gasteiger partial charge is 0.416 e. The third kappa shape index (κ3) is 5.75. The van der Waals surface area contributed by atoms with Crippen LogP contribution in [0.15, 0.2) is 30.3 Å². The summed E-state index contributed by atoms with van der Waals surface area (Å²) in [5.41, 5.74) is -1.43. The second-order valence-electron chi connectivity index (χ2n) is 6.17. The van der Waals surface area contributed by atoms with Gasteiger partial charge in [0.05, 0.1) is 31.8 Å². The number of halogens is 8. The molecule has 0 unspecified atom stereocenters. The zero-order valence-corrected chi connectivity index (χ0v) is 14.1. The van der Waals surface area contributed by atoms with Crippen molar-refractivity contribution in [3.8, 4) is 0 Å². The van der Waals surface area contributed by atoms with Gasteiger partial charge in [0.1, 0.15) is 0 Å². The van der Waals surface area contributed by atoms with Crippen LogP contribution in [0.25, 0.3) is 0 Å². The third-order valence-electron chi connectivity index (χ3n) is 3.80. The van der Waals surface area contributed by atoms with Crippen LogP contribution in [0.2, 0.25) is 0 Å². The first kappa shape index (κ1) is 22.8. The highest BCUT2D eigenvalue weighted by Gasteiger charge is 2.50. The lowest BCUT2D eigenvalue weighted by Crippen LogP contribution is -2.49. The Morgan fingerprint density at radius 1 is 0.857 bits per heavy atom. The van der Waals surface area contributed by atoms with Crippen molar-refractivity contribution >= 4 is 0 Å². The molecule has 2 rings (SSSR count). The van der Waals surface area contributed by atoms with E-state index in [1.807, 2.05) is 0 Å². The summed E-state index contributed by atoms with van der Waals surface area (Å²) < 4.78 is 120. The quantitative estimate of drug-likeness (QED) is 0.549. The van der Waals surface area contributed by atoms with E-state index in [1.54, 1.807) is 30.3 Å². The fourth-order valence-corrected chi connectivity index (χ4v) is 2.23. The van der Waals surface area contributed by atoms with E-state index in [9.17, 15) is 35.1 Å². The highest BCUT2D eigenvalue weighted by atomic mass is 19.3. The zero-order chi connectivity index (χ0) is 21.0. The van der Waals surface area contributed by atoms with Crippen LogP contribution < -0.4 is 0 Å². The van der Waals surface area contributed by atoms with Gasteiger partial charge in [-0.3, -0.25) is 0 Å². The second-order valence-corrected chi connectivity index (χ2v) is 6.17. The summed E-state index contributed by atoms with van der Waals surface area (Å²) in [6.45, 7) is -3.73. The molecule has 12 heteroatoms. The van der Waals surface area contributed by atoms with Gasteiger partial charge in [0.25, 0.3) is 0 Å². The third-order valence-corrected chi connectivity index (χ3v) is 3.80. The van der Waals surface area contributed by atoms with E-state index < -0.39 is 63.2 Å². The second kappa shape index (κ2) is 8.89. The molecule has 1 saturated heterocycles. The minimum absolute atomic E-state index is 0.508. The van der Waals surface area contributed by atoms with E-state index in [0.29, 0.717) is 5.56 Å². The molecule has 4 nitrogen and oxygen atoms in total. The first-order valence-corrected chi connectivity index (χ1v) is 7.85. The Morgan fingerprint density at radius 2 is 1.29 bits per heavy atom. The van der Waals surface area contributed by atoms with E-state index >= 15 is 0 Å². The van der Waals surface area contributed by atoms with Gasteiger partial charge < -0.3 is 18.9 Å². The molecule has 0 N–H and O–H groups in total. The van der Waals surface area contributed by atoms with E-state index in [-0.39, 0.29) is 0 Å². The molecule has 28 heavy (non-hydrogen) atoms. The molecule has 1 fully saturated rings. The van der Waals surface area contributed by atoms with Crippen LogP contribution in [0.4, 0.5) is 35.1 Å². The fourth-order valence-electron chi connectivity index (χ4n) is 2.23. The van der Waals surface area contributed by atoms with Gasteiger partial charge in [-0.25, -0.2) is 17.6 Å². The van der Waals surface area contributed by atoms with Crippen LogP contribution in [0, 0.1) is 5.41 Å². The van der Waals surface area contributed by atoms with Crippen LogP contribution >= 0.6 is 0 Å². The topological polar surface area (TPSA) is 36.9 Å². The van der Waals surface area contributed by atoms with Gasteiger partial charge in [0, 0.05) is 5.56 Å². The summed E-state index contributed by atoms with van der Waals surface area (Å²) in [6, 6.07) is 8.17. The van der Waals surface area contributed by atoms with Crippen molar-refractivity contribution in [1.82, 2.24) is 0 Å². The maximum absolute atomic E-state index is 13.1. The maximum Gasteiger partial charge on any atom is 0.416 e. The van der Waals surface area contributed by atoms with Gasteiger partial charge in [0.2, 0.25) is 0 Å². The number of benzene rings is 1. The van der Waals surface area contributed by atoms with E-state index in [0.717, 1.165) is 0 Å². The summed E-state index contributed by atoms with van der Waals surface area (Å²) in [7, 11) is 0. The molecule has 160 valence electrons. The molecule has 1 aromatic carbocycles. The average Bonchev–Trinajstić information content (AvgIpc) is 2.66. The molecule has 0 bridgehead atoms. The monoisotopic (exact) mass is 424 g/mol. The highest BCUT2D eigenvalue weighted by molar-refractivity contribution is 5.16. The molecule has 1 heterocycles. The normalized spacial score (nSPS) is 18.8. The summed E-state index contributed by atoms with van der Waals surface area (Å²) >= 11 is 0. The van der Waals surface area contributed by atoms with Gasteiger partial charge in [-0.2, -0.15) is 17.6 Å². The van der Waals surface area contributed by atoms with Crippen molar-refractivity contribution in [2.24, 2.45) is 5.41 Å². The molecule has 0 saturated carbocycles. The van der Waals surface area contributed by atoms with Gasteiger partial charge in [-0.15, -0.1) is 0 Å². The van der Waals surface area contributed by atoms with E-state index in [1.165, 1.54) is 0 Å². The Kier molecular flexibility index (Phi) is 7.23. The molecule has 1 aromatic rings. The zero-order valence-electron chi connectivity index (χ0n) is 14.1. The molecule has 1 aliphatic heterocycles. The molecule has 0 aromatic heterocycles. The van der Waals surface area contributed by atoms with Gasteiger partial charge >= 0.3 is 25.1 Å². The number of ether oxygens (including phenoxy) is 4. The van der Waals surface area contributed by atoms with Crippen molar-refractivity contribution < 1.29 is 54.1 Å². The number of hydrogen-bond acceptors (Lipinski definition) is 4. The number of hydrogen-bond donors (Lipinski definition) is 0. The molecule has 0 radical (unpaired) electrons. The minimum Gasteiger partial charge on any atom is -0.348 e. The van der Waals surface area contributed by atoms with Crippen LogP contribution in [0.3, 0.4) is 0 Å². The Balaban J connectivity index is 2.09. The predicted octanol–water partition coefficient (Wildman–Crippen LogP) is 4.47. The van der Waals surface area contributed by atoms with Gasteiger partial charge in [-0.1, -0.05) is 30.3 Å². The summed E-state index contributed by atoms with van der Waals surface area (Å²) in [5, 5.41) is 0. The molecule has 0 spiro atoms. The average molecular weight is 424 g/mol. The molecule has 0 amide bonds. The van der Waals surface area contributed by atoms with Crippen LogP contribution in [0.5, 0.6) is 0 Å². The fraction of sp³-hybridized carbons (Fsp3) is 0.625. The highest BCUT2D eigenvalue weighted by Crippen LogP contribution is 2.37. The van der Waals surface area contributed by atoms with Crippen LogP contribution in [0.1, 0.15) is 11.9 Å².